The molecule has 2 N–H and O–H groups in total. The first kappa shape index (κ1) is 17.3. The summed E-state index contributed by atoms with van der Waals surface area (Å²) in [4.78, 5) is 24.6. The fourth-order valence-corrected chi connectivity index (χ4v) is 2.27. The number of halogens is 3. The monoisotopic (exact) mass is 330 g/mol. The van der Waals surface area contributed by atoms with Gasteiger partial charge >= 0.3 is 12.1 Å². The van der Waals surface area contributed by atoms with Gasteiger partial charge < -0.3 is 10.4 Å². The average molecular weight is 330 g/mol. The van der Waals surface area contributed by atoms with Gasteiger partial charge in [-0.1, -0.05) is 6.07 Å². The zero-order chi connectivity index (χ0) is 17.2. The summed E-state index contributed by atoms with van der Waals surface area (Å²) in [7, 11) is 0. The molecule has 0 aromatic heterocycles. The molecule has 1 aliphatic carbocycles. The zero-order valence-electron chi connectivity index (χ0n) is 12.4. The minimum absolute atomic E-state index is 0.0311. The Bertz CT molecular complexity index is 600. The second-order valence-corrected chi connectivity index (χ2v) is 5.54. The minimum Gasteiger partial charge on any atom is -0.480 e. The molecule has 1 aliphatic rings. The van der Waals surface area contributed by atoms with Crippen LogP contribution in [0.1, 0.15) is 25.3 Å². The molecule has 0 aliphatic heterocycles. The number of anilines is 1. The highest BCUT2D eigenvalue weighted by atomic mass is 19.4. The first-order chi connectivity index (χ1) is 10.7. The summed E-state index contributed by atoms with van der Waals surface area (Å²) in [6.07, 6.45) is -2.86. The van der Waals surface area contributed by atoms with Crippen LogP contribution in [-0.2, 0) is 15.8 Å². The Kier molecular flexibility index (Phi) is 4.93. The van der Waals surface area contributed by atoms with Crippen molar-refractivity contribution >= 4 is 17.6 Å². The number of rotatable bonds is 6. The second kappa shape index (κ2) is 6.57. The molecule has 1 fully saturated rings. The molecule has 1 amide bonds. The lowest BCUT2D eigenvalue weighted by molar-refractivity contribution is -0.143. The molecule has 2 rings (SSSR count). The number of carboxylic acids is 1. The lowest BCUT2D eigenvalue weighted by Crippen LogP contribution is -2.44. The van der Waals surface area contributed by atoms with E-state index in [0.29, 0.717) is 0 Å². The fraction of sp³-hybridized carbons (Fsp3) is 0.467. The van der Waals surface area contributed by atoms with Gasteiger partial charge in [0.2, 0.25) is 5.91 Å². The van der Waals surface area contributed by atoms with Gasteiger partial charge in [-0.3, -0.25) is 14.5 Å². The molecule has 1 saturated carbocycles. The highest BCUT2D eigenvalue weighted by Gasteiger charge is 2.36. The summed E-state index contributed by atoms with van der Waals surface area (Å²) in [5.74, 6) is -1.58. The van der Waals surface area contributed by atoms with Crippen LogP contribution >= 0.6 is 0 Å². The molecule has 1 aromatic rings. The Morgan fingerprint density at radius 3 is 2.57 bits per heavy atom. The van der Waals surface area contributed by atoms with Crippen molar-refractivity contribution in [2.24, 2.45) is 0 Å². The first-order valence-corrected chi connectivity index (χ1v) is 7.14. The van der Waals surface area contributed by atoms with Crippen molar-refractivity contribution in [1.29, 1.82) is 0 Å². The number of hydrogen-bond acceptors (Lipinski definition) is 3. The third-order valence-electron chi connectivity index (χ3n) is 3.67. The van der Waals surface area contributed by atoms with Crippen molar-refractivity contribution in [2.45, 2.75) is 38.0 Å². The van der Waals surface area contributed by atoms with Crippen molar-refractivity contribution in [3.05, 3.63) is 29.8 Å². The standard InChI is InChI=1S/C15H17F3N2O3/c1-9(14(22)23)20(12-5-6-12)8-13(21)19-11-4-2-3-10(7-11)15(16,17)18/h2-4,7,9,12H,5-6,8H2,1H3,(H,19,21)(H,22,23). The quantitative estimate of drug-likeness (QED) is 0.841. The van der Waals surface area contributed by atoms with E-state index in [-0.39, 0.29) is 18.3 Å². The van der Waals surface area contributed by atoms with Crippen LogP contribution in [0.25, 0.3) is 0 Å². The molecule has 23 heavy (non-hydrogen) atoms. The molecular weight excluding hydrogens is 313 g/mol. The van der Waals surface area contributed by atoms with Crippen molar-refractivity contribution in [3.63, 3.8) is 0 Å². The largest absolute Gasteiger partial charge is 0.480 e. The maximum atomic E-state index is 12.6. The first-order valence-electron chi connectivity index (χ1n) is 7.14. The van der Waals surface area contributed by atoms with E-state index >= 15 is 0 Å². The summed E-state index contributed by atoms with van der Waals surface area (Å²) < 4.78 is 37.9. The van der Waals surface area contributed by atoms with Crippen LogP contribution in [0.15, 0.2) is 24.3 Å². The number of carbonyl (C=O) groups is 2. The van der Waals surface area contributed by atoms with Gasteiger partial charge in [0.15, 0.2) is 0 Å². The Hall–Kier alpha value is -2.09. The third kappa shape index (κ3) is 4.69. The summed E-state index contributed by atoms with van der Waals surface area (Å²) >= 11 is 0. The summed E-state index contributed by atoms with van der Waals surface area (Å²) in [5, 5.41) is 11.4. The number of amides is 1. The van der Waals surface area contributed by atoms with Crippen molar-refractivity contribution in [2.75, 3.05) is 11.9 Å². The number of alkyl halides is 3. The van der Waals surface area contributed by atoms with Crippen LogP contribution in [0.4, 0.5) is 18.9 Å². The molecule has 0 heterocycles. The number of nitrogens with one attached hydrogen (secondary N) is 1. The maximum Gasteiger partial charge on any atom is 0.416 e. The van der Waals surface area contributed by atoms with Gasteiger partial charge in [-0.2, -0.15) is 13.2 Å². The van der Waals surface area contributed by atoms with Gasteiger partial charge in [-0.15, -0.1) is 0 Å². The Labute approximate surface area is 131 Å². The maximum absolute atomic E-state index is 12.6. The number of carbonyl (C=O) groups excluding carboxylic acids is 1. The number of benzene rings is 1. The van der Waals surface area contributed by atoms with Crippen LogP contribution in [-0.4, -0.2) is 40.5 Å². The Morgan fingerprint density at radius 1 is 1.39 bits per heavy atom. The van der Waals surface area contributed by atoms with Crippen LogP contribution in [0, 0.1) is 0 Å². The predicted octanol–water partition coefficient (Wildman–Crippen LogP) is 2.58. The SMILES string of the molecule is CC(C(=O)O)N(CC(=O)Nc1cccc(C(F)(F)F)c1)C1CC1. The van der Waals surface area contributed by atoms with E-state index < -0.39 is 29.7 Å². The lowest BCUT2D eigenvalue weighted by atomic mass is 10.2. The highest BCUT2D eigenvalue weighted by Crippen LogP contribution is 2.31. The average Bonchev–Trinajstić information content (AvgIpc) is 3.27. The van der Waals surface area contributed by atoms with E-state index in [2.05, 4.69) is 5.32 Å². The second-order valence-electron chi connectivity index (χ2n) is 5.54. The van der Waals surface area contributed by atoms with Gasteiger partial charge in [0.05, 0.1) is 12.1 Å². The Morgan fingerprint density at radius 2 is 2.04 bits per heavy atom. The van der Waals surface area contributed by atoms with Crippen LogP contribution in [0.5, 0.6) is 0 Å². The van der Waals surface area contributed by atoms with E-state index in [0.717, 1.165) is 25.0 Å². The van der Waals surface area contributed by atoms with Crippen LogP contribution in [0.3, 0.4) is 0 Å². The smallest absolute Gasteiger partial charge is 0.416 e. The van der Waals surface area contributed by atoms with Gasteiger partial charge in [-0.25, -0.2) is 0 Å². The van der Waals surface area contributed by atoms with E-state index in [4.69, 9.17) is 5.11 Å². The molecule has 5 nitrogen and oxygen atoms in total. The van der Waals surface area contributed by atoms with E-state index in [1.807, 2.05) is 0 Å². The Balaban J connectivity index is 2.02. The number of nitrogens with zero attached hydrogens (tertiary/aromatic N) is 1. The summed E-state index contributed by atoms with van der Waals surface area (Å²) in [5.41, 5.74) is -0.822. The number of carboxylic acid groups (broad SMARTS) is 1. The fourth-order valence-electron chi connectivity index (χ4n) is 2.27. The summed E-state index contributed by atoms with van der Waals surface area (Å²) in [6.45, 7) is 1.31. The zero-order valence-corrected chi connectivity index (χ0v) is 12.4. The van der Waals surface area contributed by atoms with Gasteiger partial charge in [0.1, 0.15) is 6.04 Å². The van der Waals surface area contributed by atoms with E-state index in [9.17, 15) is 22.8 Å². The minimum atomic E-state index is -4.49. The van der Waals surface area contributed by atoms with E-state index in [1.54, 1.807) is 4.90 Å². The van der Waals surface area contributed by atoms with Gasteiger partial charge in [-0.05, 0) is 38.0 Å². The van der Waals surface area contributed by atoms with Crippen LogP contribution in [0.2, 0.25) is 0 Å². The number of aliphatic carboxylic acids is 1. The van der Waals surface area contributed by atoms with E-state index in [1.165, 1.54) is 19.1 Å². The van der Waals surface area contributed by atoms with Gasteiger partial charge in [0, 0.05) is 11.7 Å². The lowest BCUT2D eigenvalue weighted by Gasteiger charge is -2.25. The van der Waals surface area contributed by atoms with Crippen molar-refractivity contribution in [1.82, 2.24) is 4.90 Å². The normalized spacial score (nSPS) is 16.2. The molecule has 1 aromatic carbocycles. The molecule has 1 atom stereocenters. The van der Waals surface area contributed by atoms with Crippen molar-refractivity contribution in [3.8, 4) is 0 Å². The van der Waals surface area contributed by atoms with Gasteiger partial charge in [0.25, 0.3) is 0 Å². The third-order valence-corrected chi connectivity index (χ3v) is 3.67. The molecular formula is C15H17F3N2O3. The molecule has 8 heteroatoms. The molecule has 0 saturated heterocycles. The topological polar surface area (TPSA) is 69.6 Å². The highest BCUT2D eigenvalue weighted by molar-refractivity contribution is 5.92. The molecule has 0 radical (unpaired) electrons. The summed E-state index contributed by atoms with van der Waals surface area (Å²) in [6, 6.07) is 3.54. The molecule has 1 unspecified atom stereocenters. The molecule has 0 bridgehead atoms. The predicted molar refractivity (Wildman–Crippen MR) is 76.9 cm³/mol. The number of hydrogen-bond donors (Lipinski definition) is 2. The molecule has 0 spiro atoms. The van der Waals surface area contributed by atoms with Crippen molar-refractivity contribution < 1.29 is 27.9 Å². The van der Waals surface area contributed by atoms with Crippen LogP contribution < -0.4 is 5.32 Å². The molecule has 126 valence electrons.